The van der Waals surface area contributed by atoms with Gasteiger partial charge in [-0.1, -0.05) is 0 Å². The minimum Gasteiger partial charge on any atom is -0.465 e. The Kier molecular flexibility index (Phi) is 7.63. The molecule has 1 aliphatic rings. The molecule has 1 amide bonds. The molecule has 0 saturated carbocycles. The minimum atomic E-state index is -0.632. The quantitative estimate of drug-likeness (QED) is 0.760. The number of anilines is 1. The van der Waals surface area contributed by atoms with Crippen molar-refractivity contribution in [2.24, 2.45) is 0 Å². The van der Waals surface area contributed by atoms with Gasteiger partial charge in [0.15, 0.2) is 0 Å². The maximum Gasteiger partial charge on any atom is 0.337 e. The molecule has 132 valence electrons. The van der Waals surface area contributed by atoms with E-state index in [1.54, 1.807) is 0 Å². The lowest BCUT2D eigenvalue weighted by atomic mass is 10.1. The van der Waals surface area contributed by atoms with Crippen LogP contribution in [0.4, 0.5) is 5.69 Å². The Labute approximate surface area is 145 Å². The fraction of sp³-hybridized carbons (Fsp3) is 0.400. The fourth-order valence-electron chi connectivity index (χ4n) is 2.13. The summed E-state index contributed by atoms with van der Waals surface area (Å²) >= 11 is 0. The molecule has 1 aromatic carbocycles. The van der Waals surface area contributed by atoms with Crippen LogP contribution in [-0.4, -0.2) is 57.9 Å². The predicted molar refractivity (Wildman–Crippen MR) is 87.6 cm³/mol. The van der Waals surface area contributed by atoms with Crippen molar-refractivity contribution >= 4 is 35.9 Å². The van der Waals surface area contributed by atoms with Crippen LogP contribution in [-0.2, 0) is 19.0 Å². The molecule has 1 saturated heterocycles. The van der Waals surface area contributed by atoms with Crippen LogP contribution in [0.1, 0.15) is 20.7 Å². The van der Waals surface area contributed by atoms with Crippen LogP contribution in [0.2, 0.25) is 0 Å². The summed E-state index contributed by atoms with van der Waals surface area (Å²) in [6, 6.07) is 4.19. The molecular weight excluding hydrogens is 340 g/mol. The van der Waals surface area contributed by atoms with Gasteiger partial charge in [-0.05, 0) is 18.2 Å². The topological polar surface area (TPSA) is 103 Å². The van der Waals surface area contributed by atoms with Gasteiger partial charge in [0.2, 0.25) is 0 Å². The van der Waals surface area contributed by atoms with Crippen LogP contribution in [0.5, 0.6) is 0 Å². The third kappa shape index (κ3) is 4.92. The number of esters is 2. The van der Waals surface area contributed by atoms with E-state index >= 15 is 0 Å². The summed E-state index contributed by atoms with van der Waals surface area (Å²) in [4.78, 5) is 35.5. The molecule has 0 spiro atoms. The highest BCUT2D eigenvalue weighted by Crippen LogP contribution is 2.17. The Morgan fingerprint density at radius 1 is 1.12 bits per heavy atom. The van der Waals surface area contributed by atoms with Crippen molar-refractivity contribution in [2.45, 2.75) is 6.10 Å². The standard InChI is InChI=1S/C15H18N2O6.ClH/c1-21-14(19)9-5-10(15(20)22-2)7-11(6-9)17-13(18)12-8-16-3-4-23-12;/h5-7,12,16H,3-4,8H2,1-2H3,(H,17,18);1H. The smallest absolute Gasteiger partial charge is 0.337 e. The average molecular weight is 359 g/mol. The molecule has 0 radical (unpaired) electrons. The molecule has 2 rings (SSSR count). The number of carbonyl (C=O) groups is 3. The maximum atomic E-state index is 12.2. The van der Waals surface area contributed by atoms with Crippen LogP contribution >= 0.6 is 12.4 Å². The number of benzene rings is 1. The van der Waals surface area contributed by atoms with Crippen LogP contribution < -0.4 is 10.6 Å². The third-order valence-corrected chi connectivity index (χ3v) is 3.26. The zero-order valence-electron chi connectivity index (χ0n) is 13.3. The summed E-state index contributed by atoms with van der Waals surface area (Å²) < 4.78 is 14.6. The van der Waals surface area contributed by atoms with Crippen molar-refractivity contribution in [3.63, 3.8) is 0 Å². The molecule has 0 aromatic heterocycles. The van der Waals surface area contributed by atoms with Crippen molar-refractivity contribution in [3.8, 4) is 0 Å². The van der Waals surface area contributed by atoms with E-state index in [-0.39, 0.29) is 35.1 Å². The molecule has 24 heavy (non-hydrogen) atoms. The van der Waals surface area contributed by atoms with E-state index in [2.05, 4.69) is 20.1 Å². The summed E-state index contributed by atoms with van der Waals surface area (Å²) in [6.07, 6.45) is -0.632. The van der Waals surface area contributed by atoms with E-state index in [1.165, 1.54) is 32.4 Å². The highest BCUT2D eigenvalue weighted by atomic mass is 35.5. The fourth-order valence-corrected chi connectivity index (χ4v) is 2.13. The molecular formula is C15H19ClN2O6. The molecule has 1 aliphatic heterocycles. The van der Waals surface area contributed by atoms with E-state index in [1.807, 2.05) is 0 Å². The Bertz CT molecular complexity index is 582. The Balaban J connectivity index is 0.00000288. The average Bonchev–Trinajstić information content (AvgIpc) is 2.60. The van der Waals surface area contributed by atoms with Crippen molar-refractivity contribution in [1.82, 2.24) is 5.32 Å². The number of carbonyl (C=O) groups excluding carboxylic acids is 3. The molecule has 2 N–H and O–H groups in total. The molecule has 8 nitrogen and oxygen atoms in total. The lowest BCUT2D eigenvalue weighted by Gasteiger charge is -2.22. The van der Waals surface area contributed by atoms with E-state index in [9.17, 15) is 14.4 Å². The van der Waals surface area contributed by atoms with Gasteiger partial charge in [0.25, 0.3) is 5.91 Å². The zero-order valence-corrected chi connectivity index (χ0v) is 14.1. The largest absolute Gasteiger partial charge is 0.465 e. The molecule has 0 aliphatic carbocycles. The van der Waals surface area contributed by atoms with Crippen LogP contribution in [0.15, 0.2) is 18.2 Å². The first-order valence-corrected chi connectivity index (χ1v) is 7.00. The van der Waals surface area contributed by atoms with Crippen molar-refractivity contribution < 1.29 is 28.6 Å². The van der Waals surface area contributed by atoms with Crippen molar-refractivity contribution in [1.29, 1.82) is 0 Å². The number of rotatable bonds is 4. The number of nitrogens with one attached hydrogen (secondary N) is 2. The van der Waals surface area contributed by atoms with Gasteiger partial charge in [0.05, 0.1) is 32.0 Å². The first-order chi connectivity index (χ1) is 11.0. The van der Waals surface area contributed by atoms with Gasteiger partial charge in [0.1, 0.15) is 6.10 Å². The van der Waals surface area contributed by atoms with Crippen molar-refractivity contribution in [3.05, 3.63) is 29.3 Å². The van der Waals surface area contributed by atoms with Crippen LogP contribution in [0.3, 0.4) is 0 Å². The summed E-state index contributed by atoms with van der Waals surface area (Å²) in [7, 11) is 2.46. The van der Waals surface area contributed by atoms with E-state index in [0.717, 1.165) is 0 Å². The maximum absolute atomic E-state index is 12.2. The summed E-state index contributed by atoms with van der Waals surface area (Å²) in [6.45, 7) is 1.52. The normalized spacial score (nSPS) is 16.5. The second-order valence-corrected chi connectivity index (χ2v) is 4.84. The number of halogens is 1. The summed E-state index contributed by atoms with van der Waals surface area (Å²) in [5.41, 5.74) is 0.550. The van der Waals surface area contributed by atoms with Gasteiger partial charge in [-0.3, -0.25) is 4.79 Å². The Hall–Kier alpha value is -2.16. The van der Waals surface area contributed by atoms with E-state index in [4.69, 9.17) is 4.74 Å². The lowest BCUT2D eigenvalue weighted by Crippen LogP contribution is -2.45. The zero-order chi connectivity index (χ0) is 16.8. The number of hydrogen-bond donors (Lipinski definition) is 2. The second-order valence-electron chi connectivity index (χ2n) is 4.84. The molecule has 1 atom stereocenters. The molecule has 0 bridgehead atoms. The third-order valence-electron chi connectivity index (χ3n) is 3.26. The van der Waals surface area contributed by atoms with Gasteiger partial charge in [-0.15, -0.1) is 12.4 Å². The SMILES string of the molecule is COC(=O)c1cc(NC(=O)C2CNCCO2)cc(C(=O)OC)c1.Cl. The molecule has 1 fully saturated rings. The second kappa shape index (κ2) is 9.21. The Morgan fingerprint density at radius 2 is 1.71 bits per heavy atom. The number of ether oxygens (including phenoxy) is 3. The van der Waals surface area contributed by atoms with Gasteiger partial charge < -0.3 is 24.8 Å². The number of methoxy groups -OCH3 is 2. The number of amides is 1. The predicted octanol–water partition coefficient (Wildman–Crippen LogP) is 0.608. The highest BCUT2D eigenvalue weighted by molar-refractivity contribution is 6.00. The van der Waals surface area contributed by atoms with Gasteiger partial charge >= 0.3 is 11.9 Å². The van der Waals surface area contributed by atoms with E-state index < -0.39 is 18.0 Å². The molecule has 1 unspecified atom stereocenters. The monoisotopic (exact) mass is 358 g/mol. The van der Waals surface area contributed by atoms with Crippen LogP contribution in [0, 0.1) is 0 Å². The van der Waals surface area contributed by atoms with E-state index in [0.29, 0.717) is 19.7 Å². The highest BCUT2D eigenvalue weighted by Gasteiger charge is 2.23. The minimum absolute atomic E-state index is 0. The number of morpholine rings is 1. The summed E-state index contributed by atoms with van der Waals surface area (Å²) in [5.74, 6) is -1.61. The molecule has 9 heteroatoms. The first-order valence-electron chi connectivity index (χ1n) is 7.00. The number of hydrogen-bond acceptors (Lipinski definition) is 7. The summed E-state index contributed by atoms with van der Waals surface area (Å²) in [5, 5.41) is 5.68. The molecule has 1 heterocycles. The first kappa shape index (κ1) is 19.9. The lowest BCUT2D eigenvalue weighted by molar-refractivity contribution is -0.128. The molecule has 1 aromatic rings. The van der Waals surface area contributed by atoms with Crippen LogP contribution in [0.25, 0.3) is 0 Å². The van der Waals surface area contributed by atoms with Gasteiger partial charge in [0, 0.05) is 18.8 Å². The van der Waals surface area contributed by atoms with Crippen molar-refractivity contribution in [2.75, 3.05) is 39.2 Å². The van der Waals surface area contributed by atoms with Gasteiger partial charge in [-0.25, -0.2) is 9.59 Å². The Morgan fingerprint density at radius 3 is 2.17 bits per heavy atom. The van der Waals surface area contributed by atoms with Gasteiger partial charge in [-0.2, -0.15) is 0 Å².